The van der Waals surface area contributed by atoms with Gasteiger partial charge in [-0.05, 0) is 278 Å². The molecule has 0 aliphatic rings. The minimum absolute atomic E-state index is 1.20. The third kappa shape index (κ3) is 14.9. The summed E-state index contributed by atoms with van der Waals surface area (Å²) in [6.45, 7) is 0. The van der Waals surface area contributed by atoms with Crippen molar-refractivity contribution in [1.29, 1.82) is 0 Å². The Hall–Kier alpha value is -17.2. The molecule has 25 rings (SSSR count). The van der Waals surface area contributed by atoms with Gasteiger partial charge in [0.1, 0.15) is 0 Å². The first kappa shape index (κ1) is 79.5. The second-order valence-electron chi connectivity index (χ2n) is 34.2. The van der Waals surface area contributed by atoms with E-state index in [-0.39, 0.29) is 0 Å². The first-order valence-corrected chi connectivity index (χ1v) is 45.7. The average Bonchev–Trinajstić information content (AvgIpc) is 0.754. The number of benzene rings is 25. The van der Waals surface area contributed by atoms with Crippen LogP contribution in [-0.2, 0) is 0 Å². The fraction of sp³-hybridized carbons (Fsp3) is 0. The highest BCUT2D eigenvalue weighted by Gasteiger charge is 2.27. The molecule has 0 aromatic heterocycles. The quantitative estimate of drug-likeness (QED) is 0.101. The second kappa shape index (κ2) is 35.2. The molecule has 0 saturated heterocycles. The van der Waals surface area contributed by atoms with Crippen LogP contribution in [0.1, 0.15) is 0 Å². The maximum atomic E-state index is 2.45. The summed E-state index contributed by atoms with van der Waals surface area (Å²) in [5.74, 6) is 0. The molecule has 0 amide bonds. The van der Waals surface area contributed by atoms with Crippen LogP contribution < -0.4 is 0 Å². The van der Waals surface area contributed by atoms with E-state index in [9.17, 15) is 0 Å². The number of hydrogen-bond donors (Lipinski definition) is 0. The monoisotopic (exact) mass is 1670 g/mol. The van der Waals surface area contributed by atoms with Crippen molar-refractivity contribution >= 4 is 97.0 Å². The molecule has 0 aliphatic carbocycles. The van der Waals surface area contributed by atoms with Crippen molar-refractivity contribution in [2.24, 2.45) is 0 Å². The van der Waals surface area contributed by atoms with Gasteiger partial charge in [0, 0.05) is 0 Å². The van der Waals surface area contributed by atoms with E-state index in [4.69, 9.17) is 0 Å². The smallest absolute Gasteiger partial charge is 0.00139 e. The van der Waals surface area contributed by atoms with Gasteiger partial charge in [0.2, 0.25) is 0 Å². The molecule has 0 spiro atoms. The van der Waals surface area contributed by atoms with E-state index in [2.05, 4.69) is 534 Å². The third-order valence-corrected chi connectivity index (χ3v) is 26.6. The van der Waals surface area contributed by atoms with Crippen LogP contribution in [0.2, 0.25) is 0 Å². The van der Waals surface area contributed by atoms with Crippen LogP contribution in [0.5, 0.6) is 0 Å². The normalized spacial score (nSPS) is 11.3. The minimum Gasteiger partial charge on any atom is -0.0622 e. The standard InChI is InChI=1S/C48H32.2C42H28/c1-4-17-34(18-5-1)43-31-45(36-21-8-3-9-22-36)46(32-44(43)35-19-6-2-7-20-35)48-41-26-14-12-24-39(41)47(40-25-13-15-27-42(40)48)38-29-28-33-16-10-11-23-37(33)30-38;1-3-15-30(16-4-1)34-24-13-25-35(31-17-5-2-6-18-31)41(34)42-38-22-11-9-20-36(38)40(37-21-10-12-23-39(37)42)33-27-26-29-14-7-8-19-32(29)28-33;1-3-13-29(14-4-1)33-25-26-35(31-16-5-2-6-17-31)40(28-33)42-38-21-11-9-19-36(38)41(37-20-10-12-22-39(37)42)34-24-23-30-15-7-8-18-32(30)27-34/h1-32H;2*1-28H. The molecule has 0 bridgehead atoms. The molecule has 25 aromatic rings. The molecule has 0 atom stereocenters. The Balaban J connectivity index is 0.000000113. The van der Waals surface area contributed by atoms with Crippen molar-refractivity contribution in [1.82, 2.24) is 0 Å². The summed E-state index contributed by atoms with van der Waals surface area (Å²) in [6, 6.07) is 194. The van der Waals surface area contributed by atoms with Crippen LogP contribution in [0, 0.1) is 0 Å². The molecule has 0 heterocycles. The second-order valence-corrected chi connectivity index (χ2v) is 34.2. The Bertz CT molecular complexity index is 8410. The fourth-order valence-corrected chi connectivity index (χ4v) is 20.5. The van der Waals surface area contributed by atoms with Crippen molar-refractivity contribution in [2.45, 2.75) is 0 Å². The van der Waals surface area contributed by atoms with E-state index >= 15 is 0 Å². The molecule has 0 aliphatic heterocycles. The summed E-state index contributed by atoms with van der Waals surface area (Å²) >= 11 is 0. The van der Waals surface area contributed by atoms with Gasteiger partial charge in [-0.25, -0.2) is 0 Å². The summed E-state index contributed by atoms with van der Waals surface area (Å²) in [5.41, 5.74) is 32.3. The molecular weight excluding hydrogens is 1590 g/mol. The molecule has 0 N–H and O–H groups in total. The molecule has 25 aromatic carbocycles. The van der Waals surface area contributed by atoms with Crippen molar-refractivity contribution in [3.05, 3.63) is 534 Å². The summed E-state index contributed by atoms with van der Waals surface area (Å²) in [4.78, 5) is 0. The molecule has 132 heavy (non-hydrogen) atoms. The summed E-state index contributed by atoms with van der Waals surface area (Å²) in [5, 5.41) is 22.7. The lowest BCUT2D eigenvalue weighted by molar-refractivity contribution is 1.56. The molecule has 0 heteroatoms. The van der Waals surface area contributed by atoms with Crippen LogP contribution in [0.4, 0.5) is 0 Å². The average molecular weight is 1670 g/mol. The minimum atomic E-state index is 1.20. The van der Waals surface area contributed by atoms with Crippen LogP contribution in [0.3, 0.4) is 0 Å². The van der Waals surface area contributed by atoms with E-state index in [1.807, 2.05) is 0 Å². The van der Waals surface area contributed by atoms with Gasteiger partial charge >= 0.3 is 0 Å². The first-order valence-electron chi connectivity index (χ1n) is 45.7. The Morgan fingerprint density at radius 1 is 0.0758 bits per heavy atom. The molecule has 616 valence electrons. The van der Waals surface area contributed by atoms with Crippen molar-refractivity contribution < 1.29 is 0 Å². The largest absolute Gasteiger partial charge is 0.0622 e. The lowest BCUT2D eigenvalue weighted by atomic mass is 9.81. The van der Waals surface area contributed by atoms with E-state index < -0.39 is 0 Å². The van der Waals surface area contributed by atoms with Crippen molar-refractivity contribution in [3.8, 4) is 145 Å². The summed E-state index contributed by atoms with van der Waals surface area (Å²) < 4.78 is 0. The van der Waals surface area contributed by atoms with Crippen molar-refractivity contribution in [3.63, 3.8) is 0 Å². The molecule has 0 fully saturated rings. The number of rotatable bonds is 13. The van der Waals surface area contributed by atoms with Gasteiger partial charge < -0.3 is 0 Å². The van der Waals surface area contributed by atoms with E-state index in [1.165, 1.54) is 242 Å². The van der Waals surface area contributed by atoms with Gasteiger partial charge in [-0.15, -0.1) is 0 Å². The Labute approximate surface area is 769 Å². The van der Waals surface area contributed by atoms with Gasteiger partial charge in [0.05, 0.1) is 0 Å². The van der Waals surface area contributed by atoms with Crippen molar-refractivity contribution in [2.75, 3.05) is 0 Å². The molecule has 0 saturated carbocycles. The lowest BCUT2D eigenvalue weighted by Gasteiger charge is -2.22. The zero-order valence-electron chi connectivity index (χ0n) is 72.8. The van der Waals surface area contributed by atoms with Crippen LogP contribution in [-0.4, -0.2) is 0 Å². The Morgan fingerprint density at radius 3 is 0.591 bits per heavy atom. The lowest BCUT2D eigenvalue weighted by Crippen LogP contribution is -1.95. The molecule has 0 radical (unpaired) electrons. The highest BCUT2D eigenvalue weighted by atomic mass is 14.3. The Kier molecular flexibility index (Phi) is 21.2. The van der Waals surface area contributed by atoms with Gasteiger partial charge in [0.25, 0.3) is 0 Å². The predicted molar refractivity (Wildman–Crippen MR) is 568 cm³/mol. The number of fused-ring (bicyclic) bond motifs is 9. The maximum absolute atomic E-state index is 2.45. The summed E-state index contributed by atoms with van der Waals surface area (Å²) in [7, 11) is 0. The molecule has 0 unspecified atom stereocenters. The van der Waals surface area contributed by atoms with Gasteiger partial charge in [-0.1, -0.05) is 497 Å². The topological polar surface area (TPSA) is 0 Å². The van der Waals surface area contributed by atoms with Gasteiger partial charge in [-0.3, -0.25) is 0 Å². The Morgan fingerprint density at radius 2 is 0.288 bits per heavy atom. The zero-order valence-corrected chi connectivity index (χ0v) is 72.8. The maximum Gasteiger partial charge on any atom is -0.00139 e. The summed E-state index contributed by atoms with van der Waals surface area (Å²) in [6.07, 6.45) is 0. The van der Waals surface area contributed by atoms with Gasteiger partial charge in [0.15, 0.2) is 0 Å². The number of hydrogen-bond acceptors (Lipinski definition) is 0. The SMILES string of the molecule is c1ccc(-c2cc(-c3ccccc3)c(-c3c4ccccc4c(-c4ccc5ccccc5c4)c4ccccc34)cc2-c2ccccc2)cc1.c1ccc(-c2ccc(-c3ccccc3)c(-c3c4ccccc4c(-c4ccc5ccccc5c4)c4ccccc34)c2)cc1.c1ccc(-c2cccc(-c3ccccc3)c2-c2c3ccccc3c(-c3ccc4ccccc4c3)c3ccccc23)cc1. The van der Waals surface area contributed by atoms with Crippen LogP contribution in [0.25, 0.3) is 242 Å². The van der Waals surface area contributed by atoms with Crippen LogP contribution in [0.15, 0.2) is 534 Å². The van der Waals surface area contributed by atoms with E-state index in [0.29, 0.717) is 0 Å². The highest BCUT2D eigenvalue weighted by molar-refractivity contribution is 6.27. The van der Waals surface area contributed by atoms with Crippen LogP contribution >= 0.6 is 0 Å². The first-order chi connectivity index (χ1) is 65.5. The highest BCUT2D eigenvalue weighted by Crippen LogP contribution is 2.54. The third-order valence-electron chi connectivity index (χ3n) is 26.6. The van der Waals surface area contributed by atoms with Gasteiger partial charge in [-0.2, -0.15) is 0 Å². The predicted octanol–water partition coefficient (Wildman–Crippen LogP) is 37.1. The molecule has 0 nitrogen and oxygen atoms in total. The molecular formula is C132H88. The fourth-order valence-electron chi connectivity index (χ4n) is 20.5. The van der Waals surface area contributed by atoms with E-state index in [0.717, 1.165) is 0 Å². The van der Waals surface area contributed by atoms with E-state index in [1.54, 1.807) is 0 Å². The zero-order chi connectivity index (χ0) is 87.6.